The Kier molecular flexibility index (Phi) is 5.46. The quantitative estimate of drug-likeness (QED) is 0.426. The normalized spacial score (nSPS) is 15.8. The largest absolute Gasteiger partial charge is 0.443 e. The molecule has 0 radical (unpaired) electrons. The Balaban J connectivity index is 1.30. The fraction of sp³-hybridized carbons (Fsp3) is 0.263. The van der Waals surface area contributed by atoms with Gasteiger partial charge in [-0.3, -0.25) is 4.57 Å². The zero-order valence-electron chi connectivity index (χ0n) is 15.8. The van der Waals surface area contributed by atoms with Gasteiger partial charge in [-0.25, -0.2) is 4.98 Å². The zero-order chi connectivity index (χ0) is 22.0. The predicted octanol–water partition coefficient (Wildman–Crippen LogP) is 3.98. The summed E-state index contributed by atoms with van der Waals surface area (Å²) in [7, 11) is 0. The highest BCUT2D eigenvalue weighted by Crippen LogP contribution is 2.31. The van der Waals surface area contributed by atoms with Crippen molar-refractivity contribution in [2.24, 2.45) is 0 Å². The van der Waals surface area contributed by atoms with Gasteiger partial charge in [0, 0.05) is 17.2 Å². The lowest BCUT2D eigenvalue weighted by Crippen LogP contribution is -2.32. The van der Waals surface area contributed by atoms with Crippen LogP contribution in [0.4, 0.5) is 19.0 Å². The standard InChI is InChI=1S/C19H15F3N4O5/c20-19(21,22)13-2-4-14(5-3-13)31-17-6-1-12(7-23-17)10-29-15-8-25-9-16(26(27)28)24-18(25)30-11-15/h1-7,9,15H,8,10-11H2/t15-/m0/s1. The number of nitro groups is 1. The van der Waals surface area contributed by atoms with Crippen LogP contribution in [0.2, 0.25) is 0 Å². The minimum atomic E-state index is -4.41. The SMILES string of the molecule is O=[N+]([O-])c1cn2c(n1)OC[C@@H](OCc1ccc(Oc3ccc(C(F)(F)F)cc3)nc1)C2. The molecule has 0 unspecified atom stereocenters. The van der Waals surface area contributed by atoms with Crippen LogP contribution in [0.1, 0.15) is 11.1 Å². The molecule has 1 aromatic carbocycles. The Hall–Kier alpha value is -3.67. The molecule has 1 aliphatic rings. The molecule has 0 N–H and O–H groups in total. The summed E-state index contributed by atoms with van der Waals surface area (Å²) >= 11 is 0. The van der Waals surface area contributed by atoms with Crippen LogP contribution in [0.3, 0.4) is 0 Å². The Morgan fingerprint density at radius 3 is 2.65 bits per heavy atom. The molecule has 3 heterocycles. The third-order valence-corrected chi connectivity index (χ3v) is 4.40. The number of aromatic nitrogens is 3. The lowest BCUT2D eigenvalue weighted by atomic mass is 10.2. The summed E-state index contributed by atoms with van der Waals surface area (Å²) in [5.41, 5.74) is -0.0217. The molecule has 0 fully saturated rings. The van der Waals surface area contributed by atoms with Crippen molar-refractivity contribution in [2.45, 2.75) is 25.4 Å². The van der Waals surface area contributed by atoms with Gasteiger partial charge in [0.25, 0.3) is 0 Å². The summed E-state index contributed by atoms with van der Waals surface area (Å²) in [6.07, 6.45) is -1.92. The van der Waals surface area contributed by atoms with Gasteiger partial charge in [-0.1, -0.05) is 0 Å². The summed E-state index contributed by atoms with van der Waals surface area (Å²) in [6, 6.07) is 7.78. The summed E-state index contributed by atoms with van der Waals surface area (Å²) < 4.78 is 55.9. The molecule has 4 rings (SSSR count). The van der Waals surface area contributed by atoms with E-state index in [1.807, 2.05) is 0 Å². The van der Waals surface area contributed by atoms with Crippen molar-refractivity contribution in [3.8, 4) is 17.6 Å². The van der Waals surface area contributed by atoms with E-state index in [1.165, 1.54) is 29.1 Å². The van der Waals surface area contributed by atoms with Gasteiger partial charge in [0.2, 0.25) is 5.88 Å². The molecule has 0 saturated heterocycles. The van der Waals surface area contributed by atoms with E-state index in [0.29, 0.717) is 6.54 Å². The maximum absolute atomic E-state index is 12.6. The number of hydrogen-bond donors (Lipinski definition) is 0. The lowest BCUT2D eigenvalue weighted by molar-refractivity contribution is -0.389. The average Bonchev–Trinajstić information content (AvgIpc) is 3.17. The molecule has 3 aromatic rings. The fourth-order valence-electron chi connectivity index (χ4n) is 2.86. The van der Waals surface area contributed by atoms with Gasteiger partial charge in [0.05, 0.1) is 18.7 Å². The molecule has 12 heteroatoms. The summed E-state index contributed by atoms with van der Waals surface area (Å²) in [6.45, 7) is 0.781. The van der Waals surface area contributed by atoms with E-state index >= 15 is 0 Å². The number of hydrogen-bond acceptors (Lipinski definition) is 7. The van der Waals surface area contributed by atoms with Crippen LogP contribution < -0.4 is 9.47 Å². The maximum Gasteiger partial charge on any atom is 0.416 e. The van der Waals surface area contributed by atoms with E-state index < -0.39 is 16.7 Å². The van der Waals surface area contributed by atoms with Crippen LogP contribution in [0, 0.1) is 10.1 Å². The third kappa shape index (κ3) is 4.91. The first kappa shape index (κ1) is 20.6. The molecule has 1 atom stereocenters. The molecule has 0 amide bonds. The van der Waals surface area contributed by atoms with E-state index in [1.54, 1.807) is 12.1 Å². The number of fused-ring (bicyclic) bond motifs is 1. The molecule has 2 aromatic heterocycles. The molecule has 1 aliphatic heterocycles. The fourth-order valence-corrected chi connectivity index (χ4v) is 2.86. The van der Waals surface area contributed by atoms with Crippen molar-refractivity contribution in [3.63, 3.8) is 0 Å². The lowest BCUT2D eigenvalue weighted by Gasteiger charge is -2.22. The number of nitrogens with zero attached hydrogens (tertiary/aromatic N) is 4. The molecule has 162 valence electrons. The molecule has 0 aliphatic carbocycles. The Labute approximate surface area is 173 Å². The van der Waals surface area contributed by atoms with Crippen molar-refractivity contribution in [1.82, 2.24) is 14.5 Å². The van der Waals surface area contributed by atoms with Gasteiger partial charge in [-0.2, -0.15) is 13.2 Å². The van der Waals surface area contributed by atoms with Crippen molar-refractivity contribution in [1.29, 1.82) is 0 Å². The molecular weight excluding hydrogens is 421 g/mol. The van der Waals surface area contributed by atoms with Crippen molar-refractivity contribution >= 4 is 5.82 Å². The van der Waals surface area contributed by atoms with Crippen molar-refractivity contribution in [3.05, 3.63) is 70.0 Å². The van der Waals surface area contributed by atoms with Gasteiger partial charge in [0.1, 0.15) is 24.7 Å². The minimum Gasteiger partial charge on any atom is -0.443 e. The van der Waals surface area contributed by atoms with E-state index in [9.17, 15) is 23.3 Å². The Morgan fingerprint density at radius 2 is 2.00 bits per heavy atom. The van der Waals surface area contributed by atoms with Crippen LogP contribution in [0.25, 0.3) is 0 Å². The first-order chi connectivity index (χ1) is 14.8. The van der Waals surface area contributed by atoms with E-state index in [2.05, 4.69) is 9.97 Å². The van der Waals surface area contributed by atoms with Gasteiger partial charge >= 0.3 is 18.0 Å². The molecule has 9 nitrogen and oxygen atoms in total. The minimum absolute atomic E-state index is 0.179. The van der Waals surface area contributed by atoms with Crippen LogP contribution >= 0.6 is 0 Å². The third-order valence-electron chi connectivity index (χ3n) is 4.40. The average molecular weight is 436 g/mol. The van der Waals surface area contributed by atoms with Crippen LogP contribution in [-0.4, -0.2) is 32.2 Å². The van der Waals surface area contributed by atoms with Crippen LogP contribution in [0.5, 0.6) is 17.6 Å². The molecular formula is C19H15F3N4O5. The number of imidazole rings is 1. The van der Waals surface area contributed by atoms with Crippen molar-refractivity contribution < 1.29 is 32.3 Å². The molecule has 0 bridgehead atoms. The van der Waals surface area contributed by atoms with Gasteiger partial charge < -0.3 is 24.3 Å². The zero-order valence-corrected chi connectivity index (χ0v) is 15.8. The predicted molar refractivity (Wildman–Crippen MR) is 98.7 cm³/mol. The van der Waals surface area contributed by atoms with E-state index in [4.69, 9.17) is 14.2 Å². The number of ether oxygens (including phenoxy) is 3. The highest BCUT2D eigenvalue weighted by molar-refractivity contribution is 5.32. The number of rotatable bonds is 6. The summed E-state index contributed by atoms with van der Waals surface area (Å²) in [5.74, 6) is 0.164. The first-order valence-corrected chi connectivity index (χ1v) is 9.04. The molecule has 0 spiro atoms. The van der Waals surface area contributed by atoms with Crippen LogP contribution in [-0.2, 0) is 24.1 Å². The van der Waals surface area contributed by atoms with Gasteiger partial charge in [-0.15, -0.1) is 0 Å². The first-order valence-electron chi connectivity index (χ1n) is 9.04. The molecule has 31 heavy (non-hydrogen) atoms. The highest BCUT2D eigenvalue weighted by atomic mass is 19.4. The Bertz CT molecular complexity index is 1070. The second-order valence-corrected chi connectivity index (χ2v) is 6.66. The molecule has 0 saturated carbocycles. The summed E-state index contributed by atoms with van der Waals surface area (Å²) in [4.78, 5) is 18.1. The van der Waals surface area contributed by atoms with Crippen LogP contribution in [0.15, 0.2) is 48.8 Å². The van der Waals surface area contributed by atoms with Gasteiger partial charge in [-0.05, 0) is 40.8 Å². The number of alkyl halides is 3. The second kappa shape index (κ2) is 8.22. The number of benzene rings is 1. The van der Waals surface area contributed by atoms with E-state index in [0.717, 1.165) is 17.7 Å². The Morgan fingerprint density at radius 1 is 1.23 bits per heavy atom. The summed E-state index contributed by atoms with van der Waals surface area (Å²) in [5, 5.41) is 10.8. The van der Waals surface area contributed by atoms with E-state index in [-0.39, 0.29) is 42.8 Å². The van der Waals surface area contributed by atoms with Gasteiger partial charge in [0.15, 0.2) is 0 Å². The van der Waals surface area contributed by atoms with Crippen molar-refractivity contribution in [2.75, 3.05) is 6.61 Å². The number of halogens is 3. The number of pyridine rings is 1. The highest BCUT2D eigenvalue weighted by Gasteiger charge is 2.30. The smallest absolute Gasteiger partial charge is 0.416 e. The monoisotopic (exact) mass is 436 g/mol. The maximum atomic E-state index is 12.6. The topological polar surface area (TPSA) is 102 Å². The second-order valence-electron chi connectivity index (χ2n) is 6.66.